The van der Waals surface area contributed by atoms with Crippen molar-refractivity contribution in [3.8, 4) is 0 Å². The zero-order valence-corrected chi connectivity index (χ0v) is 12.6. The van der Waals surface area contributed by atoms with Gasteiger partial charge in [0, 0.05) is 0 Å². The number of methoxy groups -OCH3 is 1. The number of carbonyl (C=O) groups excluding carboxylic acids is 1. The average Bonchev–Trinajstić information content (AvgIpc) is 2.35. The second kappa shape index (κ2) is 5.88. The van der Waals surface area contributed by atoms with Crippen molar-refractivity contribution in [3.05, 3.63) is 35.6 Å². The molecule has 1 N–H and O–H groups in total. The number of carbonyl (C=O) groups is 1. The Bertz CT molecular complexity index is 575. The molecule has 1 rings (SSSR count). The molecule has 5 nitrogen and oxygen atoms in total. The summed E-state index contributed by atoms with van der Waals surface area (Å²) in [5.41, 5.74) is 0.311. The fraction of sp³-hybridized carbons (Fsp3) is 0.462. The summed E-state index contributed by atoms with van der Waals surface area (Å²) in [6.07, 6.45) is 0. The van der Waals surface area contributed by atoms with Crippen molar-refractivity contribution in [2.45, 2.75) is 31.6 Å². The van der Waals surface area contributed by atoms with Crippen LogP contribution in [0.5, 0.6) is 0 Å². The molecule has 1 aromatic rings. The lowest BCUT2D eigenvalue weighted by atomic mass is 10.1. The van der Waals surface area contributed by atoms with E-state index in [-0.39, 0.29) is 0 Å². The molecule has 1 unspecified atom stereocenters. The van der Waals surface area contributed by atoms with Gasteiger partial charge in [0.05, 0.1) is 11.9 Å². The summed E-state index contributed by atoms with van der Waals surface area (Å²) < 4.78 is 43.0. The van der Waals surface area contributed by atoms with E-state index in [2.05, 4.69) is 9.46 Å². The summed E-state index contributed by atoms with van der Waals surface area (Å²) in [7, 11) is -2.60. The second-order valence-electron chi connectivity index (χ2n) is 5.24. The molecule has 0 fully saturated rings. The van der Waals surface area contributed by atoms with Crippen molar-refractivity contribution in [2.24, 2.45) is 0 Å². The van der Waals surface area contributed by atoms with Gasteiger partial charge in [-0.15, -0.1) is 0 Å². The lowest BCUT2D eigenvalue weighted by Crippen LogP contribution is -2.43. The summed E-state index contributed by atoms with van der Waals surface area (Å²) in [5, 5.41) is 0. The molecule has 0 saturated carbocycles. The summed E-state index contributed by atoms with van der Waals surface area (Å²) in [5.74, 6) is -1.24. The lowest BCUT2D eigenvalue weighted by molar-refractivity contribution is -0.142. The fourth-order valence-electron chi connectivity index (χ4n) is 1.36. The number of halogens is 1. The zero-order chi connectivity index (χ0) is 15.6. The van der Waals surface area contributed by atoms with Gasteiger partial charge in [0.1, 0.15) is 11.9 Å². The van der Waals surface area contributed by atoms with Crippen LogP contribution in [0, 0.1) is 5.82 Å². The highest BCUT2D eigenvalue weighted by Gasteiger charge is 2.34. The Morgan fingerprint density at radius 1 is 1.25 bits per heavy atom. The van der Waals surface area contributed by atoms with Gasteiger partial charge in [-0.1, -0.05) is 12.1 Å². The molecule has 7 heteroatoms. The first-order chi connectivity index (χ1) is 9.08. The van der Waals surface area contributed by atoms with Gasteiger partial charge in [-0.2, -0.15) is 4.72 Å². The summed E-state index contributed by atoms with van der Waals surface area (Å²) in [6, 6.07) is 3.77. The van der Waals surface area contributed by atoms with Crippen molar-refractivity contribution in [3.63, 3.8) is 0 Å². The Morgan fingerprint density at radius 3 is 2.15 bits per heavy atom. The first-order valence-corrected chi connectivity index (χ1v) is 7.42. The summed E-state index contributed by atoms with van der Waals surface area (Å²) in [6.45, 7) is 4.52. The molecule has 0 saturated heterocycles. The first kappa shape index (κ1) is 16.6. The van der Waals surface area contributed by atoms with Crippen LogP contribution in [-0.2, 0) is 19.6 Å². The number of benzene rings is 1. The topological polar surface area (TPSA) is 72.5 Å². The normalized spacial score (nSPS) is 13.8. The predicted octanol–water partition coefficient (Wildman–Crippen LogP) is 1.76. The Balaban J connectivity index is 3.16. The van der Waals surface area contributed by atoms with E-state index in [1.165, 1.54) is 32.9 Å². The van der Waals surface area contributed by atoms with E-state index in [0.29, 0.717) is 5.56 Å². The maximum absolute atomic E-state index is 12.9. The molecule has 20 heavy (non-hydrogen) atoms. The predicted molar refractivity (Wildman–Crippen MR) is 73.0 cm³/mol. The number of sulfonamides is 1. The van der Waals surface area contributed by atoms with E-state index in [0.717, 1.165) is 19.2 Å². The highest BCUT2D eigenvalue weighted by atomic mass is 32.2. The molecule has 0 amide bonds. The minimum Gasteiger partial charge on any atom is -0.468 e. The minimum atomic E-state index is -3.75. The van der Waals surface area contributed by atoms with E-state index in [1.807, 2.05) is 0 Å². The van der Waals surface area contributed by atoms with Gasteiger partial charge >= 0.3 is 5.97 Å². The molecule has 112 valence electrons. The van der Waals surface area contributed by atoms with Crippen LogP contribution in [0.15, 0.2) is 24.3 Å². The Morgan fingerprint density at radius 2 is 1.75 bits per heavy atom. The van der Waals surface area contributed by atoms with Gasteiger partial charge < -0.3 is 4.74 Å². The van der Waals surface area contributed by atoms with Gasteiger partial charge in [-0.25, -0.2) is 17.6 Å². The third-order valence-corrected chi connectivity index (χ3v) is 4.88. The van der Waals surface area contributed by atoms with Crippen LogP contribution in [0.1, 0.15) is 32.4 Å². The van der Waals surface area contributed by atoms with E-state index in [1.54, 1.807) is 0 Å². The molecule has 0 heterocycles. The van der Waals surface area contributed by atoms with Gasteiger partial charge in [0.25, 0.3) is 0 Å². The van der Waals surface area contributed by atoms with Crippen molar-refractivity contribution >= 4 is 16.0 Å². The van der Waals surface area contributed by atoms with Crippen molar-refractivity contribution in [1.29, 1.82) is 0 Å². The number of rotatable bonds is 4. The molecular weight excluding hydrogens is 285 g/mol. The van der Waals surface area contributed by atoms with Crippen LogP contribution < -0.4 is 4.72 Å². The van der Waals surface area contributed by atoms with Crippen molar-refractivity contribution in [2.75, 3.05) is 7.11 Å². The Labute approximate surface area is 118 Å². The molecular formula is C13H18FNO4S. The summed E-state index contributed by atoms with van der Waals surface area (Å²) >= 11 is 0. The lowest BCUT2D eigenvalue weighted by Gasteiger charge is -2.24. The smallest absolute Gasteiger partial charge is 0.328 e. The van der Waals surface area contributed by atoms with Crippen LogP contribution in [0.2, 0.25) is 0 Å². The van der Waals surface area contributed by atoms with Gasteiger partial charge in [0.15, 0.2) is 0 Å². The maximum atomic E-state index is 12.9. The largest absolute Gasteiger partial charge is 0.468 e. The van der Waals surface area contributed by atoms with E-state index in [9.17, 15) is 17.6 Å². The molecule has 0 spiro atoms. The highest BCUT2D eigenvalue weighted by Crippen LogP contribution is 2.21. The second-order valence-corrected chi connectivity index (χ2v) is 7.71. The van der Waals surface area contributed by atoms with Gasteiger partial charge in [-0.3, -0.25) is 0 Å². The van der Waals surface area contributed by atoms with Crippen LogP contribution in [0.25, 0.3) is 0 Å². The standard InChI is InChI=1S/C13H18FNO4S/c1-13(2,3)20(17,18)15-11(12(16)19-4)9-5-7-10(14)8-6-9/h5-8,11,15H,1-4H3. The zero-order valence-electron chi connectivity index (χ0n) is 11.8. The number of hydrogen-bond donors (Lipinski definition) is 1. The first-order valence-electron chi connectivity index (χ1n) is 5.93. The van der Waals surface area contributed by atoms with Crippen molar-refractivity contribution < 1.29 is 22.3 Å². The highest BCUT2D eigenvalue weighted by molar-refractivity contribution is 7.90. The monoisotopic (exact) mass is 303 g/mol. The van der Waals surface area contributed by atoms with Crippen LogP contribution >= 0.6 is 0 Å². The van der Waals surface area contributed by atoms with Gasteiger partial charge in [-0.05, 0) is 38.5 Å². The SMILES string of the molecule is COC(=O)C(NS(=O)(=O)C(C)(C)C)c1ccc(F)cc1. The molecule has 0 aliphatic carbocycles. The van der Waals surface area contributed by atoms with Gasteiger partial charge in [0.2, 0.25) is 10.0 Å². The van der Waals surface area contributed by atoms with E-state index >= 15 is 0 Å². The third-order valence-electron chi connectivity index (χ3n) is 2.72. The molecule has 0 aliphatic rings. The van der Waals surface area contributed by atoms with Crippen LogP contribution in [0.3, 0.4) is 0 Å². The number of nitrogens with one attached hydrogen (secondary N) is 1. The number of esters is 1. The van der Waals surface area contributed by atoms with E-state index in [4.69, 9.17) is 0 Å². The van der Waals surface area contributed by atoms with Crippen molar-refractivity contribution in [1.82, 2.24) is 4.72 Å². The molecule has 0 aliphatic heterocycles. The Kier molecular flexibility index (Phi) is 4.88. The molecule has 1 atom stereocenters. The minimum absolute atomic E-state index is 0.311. The summed E-state index contributed by atoms with van der Waals surface area (Å²) in [4.78, 5) is 11.8. The maximum Gasteiger partial charge on any atom is 0.328 e. The molecule has 0 aromatic heterocycles. The molecule has 1 aromatic carbocycles. The van der Waals surface area contributed by atoms with E-state index < -0.39 is 32.6 Å². The quantitative estimate of drug-likeness (QED) is 0.860. The molecule has 0 bridgehead atoms. The third kappa shape index (κ3) is 3.77. The number of hydrogen-bond acceptors (Lipinski definition) is 4. The molecule has 0 radical (unpaired) electrons. The fourth-order valence-corrected chi connectivity index (χ4v) is 2.25. The number of ether oxygens (including phenoxy) is 1. The average molecular weight is 303 g/mol. The Hall–Kier alpha value is -1.47. The van der Waals surface area contributed by atoms with Crippen LogP contribution in [0.4, 0.5) is 4.39 Å². The van der Waals surface area contributed by atoms with Crippen LogP contribution in [-0.4, -0.2) is 26.2 Å².